The molecular formula is C38H43N9O5. The summed E-state index contributed by atoms with van der Waals surface area (Å²) < 4.78 is 8.07. The number of H-pyrrole nitrogens is 1. The Hall–Kier alpha value is -6.57. The van der Waals surface area contributed by atoms with Crippen LogP contribution in [0.15, 0.2) is 91.8 Å². The van der Waals surface area contributed by atoms with E-state index >= 15 is 0 Å². The third kappa shape index (κ3) is 11.5. The summed E-state index contributed by atoms with van der Waals surface area (Å²) in [7, 11) is 0. The molecule has 270 valence electrons. The van der Waals surface area contributed by atoms with Crippen molar-refractivity contribution in [2.45, 2.75) is 54.3 Å². The predicted molar refractivity (Wildman–Crippen MR) is 196 cm³/mol. The largest absolute Gasteiger partial charge is 0.478 e. The number of amides is 1. The van der Waals surface area contributed by atoms with Crippen LogP contribution in [0.4, 0.5) is 5.82 Å². The van der Waals surface area contributed by atoms with Gasteiger partial charge in [0.15, 0.2) is 0 Å². The van der Waals surface area contributed by atoms with E-state index in [9.17, 15) is 14.4 Å². The maximum atomic E-state index is 12.4. The van der Waals surface area contributed by atoms with Gasteiger partial charge in [0.2, 0.25) is 0 Å². The number of nitrogens with two attached hydrogens (primary N) is 1. The molecule has 1 amide bonds. The number of aromatic amines is 1. The molecule has 0 aliphatic carbocycles. The van der Waals surface area contributed by atoms with Crippen LogP contribution in [0.5, 0.6) is 0 Å². The van der Waals surface area contributed by atoms with Gasteiger partial charge in [0.25, 0.3) is 5.91 Å². The number of rotatable bonds is 10. The molecule has 0 unspecified atom stereocenters. The number of nitrogens with zero attached hydrogens (tertiary/aromatic N) is 6. The molecule has 0 aliphatic rings. The minimum Gasteiger partial charge on any atom is -0.478 e. The van der Waals surface area contributed by atoms with Crippen LogP contribution in [0.1, 0.15) is 77.1 Å². The highest BCUT2D eigenvalue weighted by Crippen LogP contribution is 2.15. The molecule has 0 saturated carbocycles. The Morgan fingerprint density at radius 2 is 1.38 bits per heavy atom. The first-order valence-electron chi connectivity index (χ1n) is 16.5. The molecule has 52 heavy (non-hydrogen) atoms. The molecule has 2 aromatic carbocycles. The maximum absolute atomic E-state index is 12.4. The van der Waals surface area contributed by atoms with Crippen molar-refractivity contribution in [1.82, 2.24) is 40.1 Å². The lowest BCUT2D eigenvalue weighted by atomic mass is 10.1. The van der Waals surface area contributed by atoms with Crippen LogP contribution in [0.2, 0.25) is 0 Å². The summed E-state index contributed by atoms with van der Waals surface area (Å²) in [6.07, 6.45) is 9.16. The van der Waals surface area contributed by atoms with E-state index in [1.807, 2.05) is 51.1 Å². The monoisotopic (exact) mass is 705 g/mol. The zero-order valence-corrected chi connectivity index (χ0v) is 29.8. The predicted octanol–water partition coefficient (Wildman–Crippen LogP) is 5.29. The number of esters is 1. The van der Waals surface area contributed by atoms with Crippen LogP contribution in [0, 0.1) is 27.7 Å². The smallest absolute Gasteiger partial charge is 0.341 e. The van der Waals surface area contributed by atoms with Crippen molar-refractivity contribution in [3.63, 3.8) is 0 Å². The van der Waals surface area contributed by atoms with Crippen molar-refractivity contribution in [2.24, 2.45) is 0 Å². The third-order valence-electron chi connectivity index (χ3n) is 7.71. The third-order valence-corrected chi connectivity index (χ3v) is 7.71. The lowest BCUT2D eigenvalue weighted by molar-refractivity contribution is 0.0525. The first-order chi connectivity index (χ1) is 24.9. The van der Waals surface area contributed by atoms with E-state index < -0.39 is 5.97 Å². The van der Waals surface area contributed by atoms with E-state index in [0.717, 1.165) is 27.9 Å². The van der Waals surface area contributed by atoms with Crippen molar-refractivity contribution >= 4 is 23.7 Å². The van der Waals surface area contributed by atoms with Gasteiger partial charge in [-0.3, -0.25) is 19.3 Å². The highest BCUT2D eigenvalue weighted by atomic mass is 16.5. The molecule has 6 rings (SSSR count). The Morgan fingerprint density at radius 1 is 0.827 bits per heavy atom. The number of aryl methyl sites for hydroxylation is 4. The minimum atomic E-state index is -0.949. The molecule has 5 N–H and O–H groups in total. The van der Waals surface area contributed by atoms with Gasteiger partial charge in [0.05, 0.1) is 55.0 Å². The summed E-state index contributed by atoms with van der Waals surface area (Å²) in [6, 6.07) is 18.2. The van der Waals surface area contributed by atoms with Crippen LogP contribution in [-0.4, -0.2) is 64.3 Å². The lowest BCUT2D eigenvalue weighted by Crippen LogP contribution is -2.23. The number of nitrogens with one attached hydrogen (secondary N) is 2. The molecule has 6 aromatic rings. The van der Waals surface area contributed by atoms with E-state index in [1.165, 1.54) is 35.9 Å². The summed E-state index contributed by atoms with van der Waals surface area (Å²) >= 11 is 0. The fourth-order valence-electron chi connectivity index (χ4n) is 4.89. The van der Waals surface area contributed by atoms with Gasteiger partial charge in [-0.05, 0) is 62.9 Å². The SMILES string of the molecule is CCOC(=O)c1cn[nH]c1.Cc1ccc(Cn2cc(C(=O)NCc3c(C)cc(N)nc3C)cn2)cc1.Cc1ccc(Cn2cc(C(=O)O)cn2)cc1. The molecule has 0 saturated heterocycles. The van der Waals surface area contributed by atoms with Gasteiger partial charge in [-0.15, -0.1) is 0 Å². The number of anilines is 1. The molecule has 4 aromatic heterocycles. The Morgan fingerprint density at radius 3 is 1.87 bits per heavy atom. The average molecular weight is 706 g/mol. The van der Waals surface area contributed by atoms with E-state index in [1.54, 1.807) is 28.7 Å². The molecule has 14 heteroatoms. The molecule has 0 fully saturated rings. The second-order valence-electron chi connectivity index (χ2n) is 11.9. The summed E-state index contributed by atoms with van der Waals surface area (Å²) in [4.78, 5) is 38.1. The van der Waals surface area contributed by atoms with Crippen molar-refractivity contribution in [3.8, 4) is 0 Å². The van der Waals surface area contributed by atoms with Gasteiger partial charge < -0.3 is 20.9 Å². The quantitative estimate of drug-likeness (QED) is 0.136. The zero-order chi connectivity index (χ0) is 37.6. The van der Waals surface area contributed by atoms with Gasteiger partial charge in [0.1, 0.15) is 5.82 Å². The fourth-order valence-corrected chi connectivity index (χ4v) is 4.89. The Bertz CT molecular complexity index is 2040. The standard InChI is InChI=1S/C20H23N5O.C12H12N2O2.C6H8N2O2/c1-13-4-6-16(7-5-13)11-25-12-17(9-23-25)20(26)22-10-18-14(2)8-19(21)24-15(18)3;1-9-2-4-10(5-3-9)7-14-8-11(6-13-14)12(15)16;1-2-10-6(9)5-3-7-8-4-5/h4-9,12H,10-11H2,1-3H3,(H2,21,24)(H,22,26);2-6,8H,7H2,1H3,(H,15,16);3-4H,2H2,1H3,(H,7,8). The molecule has 0 radical (unpaired) electrons. The molecule has 0 bridgehead atoms. The van der Waals surface area contributed by atoms with Crippen LogP contribution in [-0.2, 0) is 24.4 Å². The van der Waals surface area contributed by atoms with Crippen molar-refractivity contribution in [2.75, 3.05) is 12.3 Å². The number of pyridine rings is 1. The number of hydrogen-bond acceptors (Lipinski definition) is 9. The first kappa shape index (κ1) is 38.2. The number of ether oxygens (including phenoxy) is 1. The zero-order valence-electron chi connectivity index (χ0n) is 29.8. The number of aromatic nitrogens is 7. The van der Waals surface area contributed by atoms with Gasteiger partial charge in [-0.2, -0.15) is 15.3 Å². The van der Waals surface area contributed by atoms with E-state index in [2.05, 4.69) is 66.6 Å². The maximum Gasteiger partial charge on any atom is 0.341 e. The highest BCUT2D eigenvalue weighted by molar-refractivity contribution is 5.93. The first-order valence-corrected chi connectivity index (χ1v) is 16.5. The number of benzene rings is 2. The highest BCUT2D eigenvalue weighted by Gasteiger charge is 2.12. The normalized spacial score (nSPS) is 10.3. The van der Waals surface area contributed by atoms with Gasteiger partial charge >= 0.3 is 11.9 Å². The number of carbonyl (C=O) groups is 3. The van der Waals surface area contributed by atoms with Crippen LogP contribution >= 0.6 is 0 Å². The second kappa shape index (κ2) is 18.4. The molecule has 4 heterocycles. The van der Waals surface area contributed by atoms with Crippen LogP contribution < -0.4 is 11.1 Å². The minimum absolute atomic E-state index is 0.157. The van der Waals surface area contributed by atoms with Crippen molar-refractivity contribution in [1.29, 1.82) is 0 Å². The van der Waals surface area contributed by atoms with Gasteiger partial charge in [0, 0.05) is 30.8 Å². The summed E-state index contributed by atoms with van der Waals surface area (Å²) in [5, 5.41) is 26.1. The number of nitrogen functional groups attached to an aromatic ring is 1. The molecule has 0 atom stereocenters. The van der Waals surface area contributed by atoms with E-state index in [0.29, 0.717) is 43.2 Å². The summed E-state index contributed by atoms with van der Waals surface area (Å²) in [5.74, 6) is -0.949. The molecular weight excluding hydrogens is 662 g/mol. The Kier molecular flexibility index (Phi) is 13.6. The van der Waals surface area contributed by atoms with E-state index in [-0.39, 0.29) is 17.4 Å². The number of carboxylic acid groups (broad SMARTS) is 1. The second-order valence-corrected chi connectivity index (χ2v) is 11.9. The lowest BCUT2D eigenvalue weighted by Gasteiger charge is -2.11. The Labute approximate surface area is 301 Å². The van der Waals surface area contributed by atoms with Crippen LogP contribution in [0.3, 0.4) is 0 Å². The van der Waals surface area contributed by atoms with Crippen molar-refractivity contribution in [3.05, 3.63) is 148 Å². The molecule has 0 aliphatic heterocycles. The number of carboxylic acids is 1. The summed E-state index contributed by atoms with van der Waals surface area (Å²) in [5.41, 5.74) is 14.5. The van der Waals surface area contributed by atoms with E-state index in [4.69, 9.17) is 10.8 Å². The van der Waals surface area contributed by atoms with Crippen LogP contribution in [0.25, 0.3) is 0 Å². The fraction of sp³-hybridized carbons (Fsp3) is 0.237. The van der Waals surface area contributed by atoms with Gasteiger partial charge in [-0.1, -0.05) is 59.7 Å². The average Bonchev–Trinajstić information content (AvgIpc) is 3.91. The molecule has 14 nitrogen and oxygen atoms in total. The Balaban J connectivity index is 0.000000197. The van der Waals surface area contributed by atoms with Crippen molar-refractivity contribution < 1.29 is 24.2 Å². The van der Waals surface area contributed by atoms with Gasteiger partial charge in [-0.25, -0.2) is 14.6 Å². The number of aromatic carboxylic acids is 1. The topological polar surface area (TPSA) is 196 Å². The number of carbonyl (C=O) groups excluding carboxylic acids is 2. The summed E-state index contributed by atoms with van der Waals surface area (Å²) in [6.45, 7) is 11.7. The number of hydrogen-bond donors (Lipinski definition) is 4. The molecule has 0 spiro atoms.